The molecule has 128 valence electrons. The Kier molecular flexibility index (Phi) is 4.84. The predicted molar refractivity (Wildman–Crippen MR) is 96.0 cm³/mol. The number of fused-ring (bicyclic) bond motifs is 1. The molecular weight excluding hydrogens is 318 g/mol. The van der Waals surface area contributed by atoms with Crippen molar-refractivity contribution in [3.8, 4) is 5.75 Å². The van der Waals surface area contributed by atoms with Gasteiger partial charge in [0, 0.05) is 5.39 Å². The van der Waals surface area contributed by atoms with Crippen molar-refractivity contribution < 1.29 is 13.9 Å². The van der Waals surface area contributed by atoms with Crippen molar-refractivity contribution in [3.63, 3.8) is 0 Å². The van der Waals surface area contributed by atoms with Gasteiger partial charge in [-0.3, -0.25) is 4.79 Å². The summed E-state index contributed by atoms with van der Waals surface area (Å²) in [5.41, 5.74) is 0.600. The number of ether oxygens (including phenoxy) is 1. The van der Waals surface area contributed by atoms with Gasteiger partial charge in [0.1, 0.15) is 5.56 Å². The zero-order valence-electron chi connectivity index (χ0n) is 14.1. The number of carbonyl (C=O) groups is 1. The minimum absolute atomic E-state index is 0.0241. The Morgan fingerprint density at radius 2 is 1.92 bits per heavy atom. The van der Waals surface area contributed by atoms with Crippen LogP contribution >= 0.6 is 0 Å². The second-order valence-electron chi connectivity index (χ2n) is 5.66. The summed E-state index contributed by atoms with van der Waals surface area (Å²) in [5, 5.41) is 3.47. The first kappa shape index (κ1) is 16.8. The van der Waals surface area contributed by atoms with E-state index in [1.54, 1.807) is 18.2 Å². The molecule has 0 bridgehead atoms. The Morgan fingerprint density at radius 1 is 1.16 bits per heavy atom. The maximum Gasteiger partial charge on any atom is 0.349 e. The largest absolute Gasteiger partial charge is 0.490 e. The Hall–Kier alpha value is -3.08. The van der Waals surface area contributed by atoms with Gasteiger partial charge in [0.15, 0.2) is 11.3 Å². The van der Waals surface area contributed by atoms with E-state index in [0.29, 0.717) is 23.3 Å². The van der Waals surface area contributed by atoms with Crippen LogP contribution in [0, 0.1) is 0 Å². The molecule has 0 aliphatic rings. The van der Waals surface area contributed by atoms with Crippen molar-refractivity contribution >= 4 is 16.9 Å². The molecule has 0 spiro atoms. The van der Waals surface area contributed by atoms with Crippen LogP contribution in [-0.2, 0) is 0 Å². The summed E-state index contributed by atoms with van der Waals surface area (Å²) in [6.07, 6.45) is 0. The second kappa shape index (κ2) is 7.21. The minimum Gasteiger partial charge on any atom is -0.490 e. The van der Waals surface area contributed by atoms with E-state index in [4.69, 9.17) is 9.15 Å². The molecule has 2 aromatic carbocycles. The van der Waals surface area contributed by atoms with E-state index >= 15 is 0 Å². The monoisotopic (exact) mass is 337 g/mol. The van der Waals surface area contributed by atoms with Crippen molar-refractivity contribution in [2.75, 3.05) is 6.61 Å². The van der Waals surface area contributed by atoms with Crippen LogP contribution in [0.15, 0.2) is 63.8 Å². The molecule has 1 amide bonds. The van der Waals surface area contributed by atoms with Crippen LogP contribution in [0.4, 0.5) is 0 Å². The Morgan fingerprint density at radius 3 is 2.64 bits per heavy atom. The molecule has 3 rings (SSSR count). The maximum absolute atomic E-state index is 12.5. The van der Waals surface area contributed by atoms with Crippen molar-refractivity contribution in [3.05, 3.63) is 76.1 Å². The second-order valence-corrected chi connectivity index (χ2v) is 5.66. The molecule has 0 unspecified atom stereocenters. The first-order valence-electron chi connectivity index (χ1n) is 8.15. The van der Waals surface area contributed by atoms with E-state index in [9.17, 15) is 9.59 Å². The predicted octanol–water partition coefficient (Wildman–Crippen LogP) is 3.68. The third kappa shape index (κ3) is 3.55. The smallest absolute Gasteiger partial charge is 0.349 e. The molecule has 1 N–H and O–H groups in total. The molecule has 0 saturated heterocycles. The Bertz CT molecular complexity index is 947. The third-order valence-electron chi connectivity index (χ3n) is 3.92. The molecular formula is C20H19NO4. The molecule has 0 aliphatic carbocycles. The van der Waals surface area contributed by atoms with Gasteiger partial charge in [-0.15, -0.1) is 0 Å². The topological polar surface area (TPSA) is 68.5 Å². The summed E-state index contributed by atoms with van der Waals surface area (Å²) in [4.78, 5) is 24.8. The highest BCUT2D eigenvalue weighted by molar-refractivity contribution is 5.97. The lowest BCUT2D eigenvalue weighted by Crippen LogP contribution is -2.30. The van der Waals surface area contributed by atoms with E-state index in [0.717, 1.165) is 5.56 Å². The molecule has 5 nitrogen and oxygen atoms in total. The molecule has 0 aliphatic heterocycles. The number of para-hydroxylation sites is 1. The van der Waals surface area contributed by atoms with Crippen LogP contribution in [0.2, 0.25) is 0 Å². The molecule has 1 aromatic heterocycles. The number of benzene rings is 2. The van der Waals surface area contributed by atoms with Crippen LogP contribution in [0.1, 0.15) is 35.8 Å². The molecule has 3 aromatic rings. The zero-order chi connectivity index (χ0) is 17.8. The minimum atomic E-state index is -0.683. The van der Waals surface area contributed by atoms with Gasteiger partial charge in [-0.05, 0) is 31.5 Å². The third-order valence-corrected chi connectivity index (χ3v) is 3.92. The quantitative estimate of drug-likeness (QED) is 0.721. The van der Waals surface area contributed by atoms with Gasteiger partial charge in [-0.1, -0.05) is 42.5 Å². The lowest BCUT2D eigenvalue weighted by atomic mass is 10.1. The van der Waals surface area contributed by atoms with Gasteiger partial charge in [0.2, 0.25) is 0 Å². The van der Waals surface area contributed by atoms with Gasteiger partial charge in [-0.2, -0.15) is 0 Å². The molecule has 1 heterocycles. The van der Waals surface area contributed by atoms with Gasteiger partial charge in [0.25, 0.3) is 5.91 Å². The number of rotatable bonds is 5. The highest BCUT2D eigenvalue weighted by Crippen LogP contribution is 2.25. The summed E-state index contributed by atoms with van der Waals surface area (Å²) >= 11 is 0. The molecule has 0 radical (unpaired) electrons. The molecule has 0 fully saturated rings. The van der Waals surface area contributed by atoms with Crippen LogP contribution in [0.3, 0.4) is 0 Å². The molecule has 1 atom stereocenters. The fraction of sp³-hybridized carbons (Fsp3) is 0.200. The standard InChI is InChI=1S/C20H19NO4/c1-3-24-17-11-7-10-15-12-16(20(23)25-18(15)17)19(22)21-13(2)14-8-5-4-6-9-14/h4-13H,3H2,1-2H3,(H,21,22)/t13-/m1/s1. The van der Waals surface area contributed by atoms with Crippen LogP contribution in [-0.4, -0.2) is 12.5 Å². The first-order chi connectivity index (χ1) is 12.1. The summed E-state index contributed by atoms with van der Waals surface area (Å²) in [6.45, 7) is 4.17. The molecule has 25 heavy (non-hydrogen) atoms. The SMILES string of the molecule is CCOc1cccc2cc(C(=O)N[C@H](C)c3ccccc3)c(=O)oc12. The van der Waals surface area contributed by atoms with E-state index in [-0.39, 0.29) is 11.6 Å². The van der Waals surface area contributed by atoms with E-state index < -0.39 is 11.5 Å². The lowest BCUT2D eigenvalue weighted by molar-refractivity contribution is 0.0936. The van der Waals surface area contributed by atoms with Crippen molar-refractivity contribution in [2.45, 2.75) is 19.9 Å². The lowest BCUT2D eigenvalue weighted by Gasteiger charge is -2.14. The van der Waals surface area contributed by atoms with Gasteiger partial charge in [0.05, 0.1) is 12.6 Å². The van der Waals surface area contributed by atoms with Crippen LogP contribution in [0.25, 0.3) is 11.0 Å². The van der Waals surface area contributed by atoms with Crippen molar-refractivity contribution in [1.82, 2.24) is 5.32 Å². The van der Waals surface area contributed by atoms with Crippen LogP contribution < -0.4 is 15.7 Å². The average Bonchev–Trinajstić information content (AvgIpc) is 2.62. The Labute approximate surface area is 145 Å². The van der Waals surface area contributed by atoms with Crippen molar-refractivity contribution in [1.29, 1.82) is 0 Å². The summed E-state index contributed by atoms with van der Waals surface area (Å²) in [6, 6.07) is 16.2. The Balaban J connectivity index is 1.92. The maximum atomic E-state index is 12.5. The van der Waals surface area contributed by atoms with Crippen LogP contribution in [0.5, 0.6) is 5.75 Å². The van der Waals surface area contributed by atoms with Gasteiger partial charge >= 0.3 is 5.63 Å². The number of hydrogen-bond acceptors (Lipinski definition) is 4. The van der Waals surface area contributed by atoms with Crippen molar-refractivity contribution in [2.24, 2.45) is 0 Å². The number of amides is 1. The average molecular weight is 337 g/mol. The number of hydrogen-bond donors (Lipinski definition) is 1. The van der Waals surface area contributed by atoms with E-state index in [1.165, 1.54) is 6.07 Å². The number of nitrogens with one attached hydrogen (secondary N) is 1. The summed E-state index contributed by atoms with van der Waals surface area (Å²) < 4.78 is 10.8. The van der Waals surface area contributed by atoms with E-state index in [1.807, 2.05) is 44.2 Å². The fourth-order valence-corrected chi connectivity index (χ4v) is 2.64. The molecule has 0 saturated carbocycles. The number of carbonyl (C=O) groups excluding carboxylic acids is 1. The summed E-state index contributed by atoms with van der Waals surface area (Å²) in [7, 11) is 0. The van der Waals surface area contributed by atoms with Gasteiger partial charge < -0.3 is 14.5 Å². The normalized spacial score (nSPS) is 11.9. The van der Waals surface area contributed by atoms with Gasteiger partial charge in [-0.25, -0.2) is 4.79 Å². The highest BCUT2D eigenvalue weighted by Gasteiger charge is 2.17. The zero-order valence-corrected chi connectivity index (χ0v) is 14.1. The highest BCUT2D eigenvalue weighted by atomic mass is 16.5. The molecule has 5 heteroatoms. The van der Waals surface area contributed by atoms with E-state index in [2.05, 4.69) is 5.32 Å². The fourth-order valence-electron chi connectivity index (χ4n) is 2.64. The summed E-state index contributed by atoms with van der Waals surface area (Å²) in [5.74, 6) is 0.0236. The first-order valence-corrected chi connectivity index (χ1v) is 8.15.